The smallest absolute Gasteiger partial charge is 0.213 e. The second-order valence-corrected chi connectivity index (χ2v) is 4.54. The third-order valence-electron chi connectivity index (χ3n) is 1.99. The van der Waals surface area contributed by atoms with E-state index in [-0.39, 0.29) is 6.61 Å². The van der Waals surface area contributed by atoms with E-state index in [0.717, 1.165) is 4.88 Å². The van der Waals surface area contributed by atoms with Crippen LogP contribution in [0.4, 0.5) is 0 Å². The van der Waals surface area contributed by atoms with Gasteiger partial charge in [0.15, 0.2) is 0 Å². The Labute approximate surface area is 102 Å². The van der Waals surface area contributed by atoms with Gasteiger partial charge in [-0.1, -0.05) is 17.7 Å². The topological polar surface area (TPSA) is 42.4 Å². The molecule has 0 aliphatic carbocycles. The maximum atomic E-state index is 8.99. The lowest BCUT2D eigenvalue weighted by Crippen LogP contribution is -1.98. The van der Waals surface area contributed by atoms with Crippen molar-refractivity contribution < 1.29 is 9.84 Å². The molecule has 0 amide bonds. The van der Waals surface area contributed by atoms with Crippen molar-refractivity contribution >= 4 is 22.9 Å². The predicted molar refractivity (Wildman–Crippen MR) is 63.8 cm³/mol. The molecule has 0 saturated heterocycles. The van der Waals surface area contributed by atoms with Gasteiger partial charge in [0.1, 0.15) is 6.61 Å². The minimum absolute atomic E-state index is 0.185. The van der Waals surface area contributed by atoms with E-state index in [4.69, 9.17) is 21.4 Å². The Morgan fingerprint density at radius 3 is 2.94 bits per heavy atom. The van der Waals surface area contributed by atoms with Crippen molar-refractivity contribution in [2.75, 3.05) is 0 Å². The normalized spacial score (nSPS) is 10.4. The molecule has 0 atom stereocenters. The summed E-state index contributed by atoms with van der Waals surface area (Å²) >= 11 is 7.45. The molecule has 0 radical (unpaired) electrons. The molecule has 0 aromatic carbocycles. The van der Waals surface area contributed by atoms with Crippen molar-refractivity contribution in [2.24, 2.45) is 0 Å². The molecule has 2 heterocycles. The number of hydrogen-bond acceptors (Lipinski definition) is 4. The molecule has 0 unspecified atom stereocenters. The highest BCUT2D eigenvalue weighted by Gasteiger charge is 2.04. The summed E-state index contributed by atoms with van der Waals surface area (Å²) < 4.78 is 5.48. The van der Waals surface area contributed by atoms with E-state index in [1.165, 1.54) is 0 Å². The van der Waals surface area contributed by atoms with Gasteiger partial charge in [-0.25, -0.2) is 4.98 Å². The number of rotatable bonds is 4. The Kier molecular flexibility index (Phi) is 3.77. The van der Waals surface area contributed by atoms with Crippen LogP contribution in [0, 0.1) is 0 Å². The summed E-state index contributed by atoms with van der Waals surface area (Å²) in [6, 6.07) is 7.32. The van der Waals surface area contributed by atoms with E-state index in [2.05, 4.69) is 4.98 Å². The van der Waals surface area contributed by atoms with Gasteiger partial charge in [-0.05, 0) is 17.5 Å². The fourth-order valence-electron chi connectivity index (χ4n) is 1.20. The molecule has 2 aromatic rings. The highest BCUT2D eigenvalue weighted by atomic mass is 35.5. The molecule has 0 aliphatic rings. The number of halogens is 1. The van der Waals surface area contributed by atoms with Gasteiger partial charge in [0.05, 0.1) is 17.3 Å². The van der Waals surface area contributed by atoms with Crippen LogP contribution in [-0.4, -0.2) is 10.1 Å². The Morgan fingerprint density at radius 1 is 1.38 bits per heavy atom. The zero-order valence-electron chi connectivity index (χ0n) is 8.39. The van der Waals surface area contributed by atoms with Crippen LogP contribution in [0.15, 0.2) is 29.6 Å². The van der Waals surface area contributed by atoms with Gasteiger partial charge < -0.3 is 9.84 Å². The Bertz CT molecular complexity index is 459. The van der Waals surface area contributed by atoms with E-state index < -0.39 is 0 Å². The number of aliphatic hydroxyl groups is 1. The summed E-state index contributed by atoms with van der Waals surface area (Å²) in [5.41, 5.74) is 0.436. The zero-order valence-corrected chi connectivity index (χ0v) is 9.96. The SMILES string of the molecule is OCc1nc(OCc2cccs2)ccc1Cl. The Balaban J connectivity index is 2.04. The zero-order chi connectivity index (χ0) is 11.4. The quantitative estimate of drug-likeness (QED) is 0.914. The van der Waals surface area contributed by atoms with E-state index in [0.29, 0.717) is 23.2 Å². The second kappa shape index (κ2) is 5.30. The van der Waals surface area contributed by atoms with Crippen molar-refractivity contribution in [1.29, 1.82) is 0 Å². The number of aliphatic hydroxyl groups excluding tert-OH is 1. The fourth-order valence-corrected chi connectivity index (χ4v) is 1.98. The monoisotopic (exact) mass is 255 g/mol. The third-order valence-corrected chi connectivity index (χ3v) is 3.18. The summed E-state index contributed by atoms with van der Waals surface area (Å²) in [5.74, 6) is 0.474. The minimum atomic E-state index is -0.185. The number of aromatic nitrogens is 1. The molecule has 0 aliphatic heterocycles. The van der Waals surface area contributed by atoms with Crippen LogP contribution in [0.1, 0.15) is 10.6 Å². The summed E-state index contributed by atoms with van der Waals surface area (Å²) in [4.78, 5) is 5.22. The van der Waals surface area contributed by atoms with Crippen molar-refractivity contribution in [1.82, 2.24) is 4.98 Å². The van der Waals surface area contributed by atoms with E-state index >= 15 is 0 Å². The van der Waals surface area contributed by atoms with Gasteiger partial charge in [0.25, 0.3) is 0 Å². The summed E-state index contributed by atoms with van der Waals surface area (Å²) in [6.45, 7) is 0.298. The van der Waals surface area contributed by atoms with Crippen LogP contribution >= 0.6 is 22.9 Å². The predicted octanol–water partition coefficient (Wildman–Crippen LogP) is 2.87. The van der Waals surface area contributed by atoms with Gasteiger partial charge in [0.2, 0.25) is 5.88 Å². The minimum Gasteiger partial charge on any atom is -0.472 e. The lowest BCUT2D eigenvalue weighted by atomic mass is 10.3. The summed E-state index contributed by atoms with van der Waals surface area (Å²) in [5, 5.41) is 11.4. The standard InChI is InChI=1S/C11H10ClNO2S/c12-9-3-4-11(13-10(9)6-14)15-7-8-2-1-5-16-8/h1-5,14H,6-7H2. The van der Waals surface area contributed by atoms with Crippen molar-refractivity contribution in [3.05, 3.63) is 45.2 Å². The summed E-state index contributed by atoms with van der Waals surface area (Å²) in [6.07, 6.45) is 0. The molecule has 84 valence electrons. The maximum absolute atomic E-state index is 8.99. The number of hydrogen-bond donors (Lipinski definition) is 1. The lowest BCUT2D eigenvalue weighted by Gasteiger charge is -2.05. The number of ether oxygens (including phenoxy) is 1. The first-order chi connectivity index (χ1) is 7.79. The molecule has 2 aromatic heterocycles. The number of nitrogens with zero attached hydrogens (tertiary/aromatic N) is 1. The summed E-state index contributed by atoms with van der Waals surface area (Å²) in [7, 11) is 0. The molecular formula is C11H10ClNO2S. The molecule has 0 bridgehead atoms. The van der Waals surface area contributed by atoms with Gasteiger partial charge in [-0.3, -0.25) is 0 Å². The van der Waals surface area contributed by atoms with E-state index in [1.807, 2.05) is 17.5 Å². The molecule has 1 N–H and O–H groups in total. The molecule has 5 heteroatoms. The van der Waals surface area contributed by atoms with Crippen LogP contribution in [0.2, 0.25) is 5.02 Å². The Morgan fingerprint density at radius 2 is 2.25 bits per heavy atom. The second-order valence-electron chi connectivity index (χ2n) is 3.10. The first-order valence-corrected chi connectivity index (χ1v) is 5.97. The van der Waals surface area contributed by atoms with E-state index in [1.54, 1.807) is 23.5 Å². The van der Waals surface area contributed by atoms with Crippen molar-refractivity contribution in [3.8, 4) is 5.88 Å². The largest absolute Gasteiger partial charge is 0.472 e. The van der Waals surface area contributed by atoms with Gasteiger partial charge in [-0.2, -0.15) is 0 Å². The molecular weight excluding hydrogens is 246 g/mol. The average molecular weight is 256 g/mol. The van der Waals surface area contributed by atoms with Crippen LogP contribution in [0.5, 0.6) is 5.88 Å². The van der Waals surface area contributed by atoms with Crippen LogP contribution in [-0.2, 0) is 13.2 Å². The first-order valence-electron chi connectivity index (χ1n) is 4.71. The van der Waals surface area contributed by atoms with Gasteiger partial charge in [-0.15, -0.1) is 11.3 Å². The molecule has 0 spiro atoms. The van der Waals surface area contributed by atoms with Crippen LogP contribution in [0.3, 0.4) is 0 Å². The molecule has 0 saturated carbocycles. The molecule has 16 heavy (non-hydrogen) atoms. The van der Waals surface area contributed by atoms with Crippen molar-refractivity contribution in [2.45, 2.75) is 13.2 Å². The van der Waals surface area contributed by atoms with Crippen LogP contribution in [0.25, 0.3) is 0 Å². The maximum Gasteiger partial charge on any atom is 0.213 e. The number of thiophene rings is 1. The fraction of sp³-hybridized carbons (Fsp3) is 0.182. The third kappa shape index (κ3) is 2.72. The molecule has 0 fully saturated rings. The van der Waals surface area contributed by atoms with Crippen molar-refractivity contribution in [3.63, 3.8) is 0 Å². The average Bonchev–Trinajstić information content (AvgIpc) is 2.81. The molecule has 2 rings (SSSR count). The molecule has 3 nitrogen and oxygen atoms in total. The lowest BCUT2D eigenvalue weighted by molar-refractivity contribution is 0.267. The van der Waals surface area contributed by atoms with Gasteiger partial charge >= 0.3 is 0 Å². The Hall–Kier alpha value is -1.10. The highest BCUT2D eigenvalue weighted by Crippen LogP contribution is 2.19. The number of pyridine rings is 1. The first kappa shape index (κ1) is 11.4. The highest BCUT2D eigenvalue weighted by molar-refractivity contribution is 7.09. The van der Waals surface area contributed by atoms with Gasteiger partial charge in [0, 0.05) is 10.9 Å². The van der Waals surface area contributed by atoms with E-state index in [9.17, 15) is 0 Å². The van der Waals surface area contributed by atoms with Crippen LogP contribution < -0.4 is 4.74 Å².